The minimum absolute atomic E-state index is 0.0262. The molecule has 2 heterocycles. The van der Waals surface area contributed by atoms with Gasteiger partial charge in [0.05, 0.1) is 12.1 Å². The number of aromatic nitrogens is 2. The molecule has 0 radical (unpaired) electrons. The van der Waals surface area contributed by atoms with Crippen LogP contribution in [0.4, 0.5) is 25.4 Å². The second kappa shape index (κ2) is 7.35. The Morgan fingerprint density at radius 3 is 2.76 bits per heavy atom. The highest BCUT2D eigenvalue weighted by Gasteiger charge is 2.10. The van der Waals surface area contributed by atoms with Gasteiger partial charge >= 0.3 is 0 Å². The van der Waals surface area contributed by atoms with E-state index >= 15 is 0 Å². The highest BCUT2D eigenvalue weighted by molar-refractivity contribution is 7.13. The number of hydrogen-bond donors (Lipinski definition) is 2. The van der Waals surface area contributed by atoms with E-state index in [1.165, 1.54) is 17.4 Å². The maximum absolute atomic E-state index is 13.1. The van der Waals surface area contributed by atoms with Crippen molar-refractivity contribution in [3.63, 3.8) is 0 Å². The number of hydrogen-bond acceptors (Lipinski definition) is 5. The lowest BCUT2D eigenvalue weighted by Crippen LogP contribution is -2.14. The van der Waals surface area contributed by atoms with Crippen LogP contribution in [0, 0.1) is 18.6 Å². The maximum Gasteiger partial charge on any atom is 0.230 e. The van der Waals surface area contributed by atoms with Crippen LogP contribution in [0.25, 0.3) is 0 Å². The molecule has 0 bridgehead atoms. The van der Waals surface area contributed by atoms with Gasteiger partial charge in [0.15, 0.2) is 16.8 Å². The molecule has 0 atom stereocenters. The maximum atomic E-state index is 13.1. The molecule has 1 aromatic carbocycles. The SMILES string of the molecule is Cc1cccc(Nc2nc(CC(=O)Nc3ccc(F)c(F)c3)cs2)n1. The summed E-state index contributed by atoms with van der Waals surface area (Å²) in [6.07, 6.45) is 0.0262. The molecule has 2 aromatic heterocycles. The molecule has 25 heavy (non-hydrogen) atoms. The van der Waals surface area contributed by atoms with E-state index in [0.717, 1.165) is 17.8 Å². The van der Waals surface area contributed by atoms with Gasteiger partial charge in [-0.15, -0.1) is 11.3 Å². The van der Waals surface area contributed by atoms with Gasteiger partial charge in [-0.2, -0.15) is 0 Å². The Hall–Kier alpha value is -2.87. The van der Waals surface area contributed by atoms with Crippen LogP contribution in [0.5, 0.6) is 0 Å². The summed E-state index contributed by atoms with van der Waals surface area (Å²) in [5.74, 6) is -1.66. The molecule has 0 aliphatic heterocycles. The number of amides is 1. The Kier molecular flexibility index (Phi) is 4.99. The monoisotopic (exact) mass is 360 g/mol. The van der Waals surface area contributed by atoms with E-state index in [-0.39, 0.29) is 18.0 Å². The number of rotatable bonds is 5. The van der Waals surface area contributed by atoms with Crippen molar-refractivity contribution in [3.8, 4) is 0 Å². The fourth-order valence-electron chi connectivity index (χ4n) is 2.11. The average Bonchev–Trinajstić information content (AvgIpc) is 2.98. The zero-order chi connectivity index (χ0) is 17.8. The number of benzene rings is 1. The van der Waals surface area contributed by atoms with Crippen LogP contribution >= 0.6 is 11.3 Å². The fourth-order valence-corrected chi connectivity index (χ4v) is 2.83. The molecular formula is C17H14F2N4OS. The third-order valence-electron chi connectivity index (χ3n) is 3.22. The molecule has 0 aliphatic carbocycles. The number of pyridine rings is 1. The van der Waals surface area contributed by atoms with Crippen LogP contribution in [0.1, 0.15) is 11.4 Å². The van der Waals surface area contributed by atoms with Gasteiger partial charge < -0.3 is 10.6 Å². The summed E-state index contributed by atoms with van der Waals surface area (Å²) in [6, 6.07) is 8.79. The molecule has 0 spiro atoms. The smallest absolute Gasteiger partial charge is 0.230 e. The molecule has 2 N–H and O–H groups in total. The fraction of sp³-hybridized carbons (Fsp3) is 0.118. The van der Waals surface area contributed by atoms with Crippen LogP contribution in [0.2, 0.25) is 0 Å². The molecular weight excluding hydrogens is 346 g/mol. The first-order valence-electron chi connectivity index (χ1n) is 7.39. The van der Waals surface area contributed by atoms with E-state index in [2.05, 4.69) is 20.6 Å². The van der Waals surface area contributed by atoms with E-state index < -0.39 is 11.6 Å². The van der Waals surface area contributed by atoms with E-state index in [0.29, 0.717) is 16.6 Å². The number of anilines is 3. The molecule has 5 nitrogen and oxygen atoms in total. The van der Waals surface area contributed by atoms with Gasteiger partial charge in [0, 0.05) is 22.8 Å². The normalized spacial score (nSPS) is 10.5. The molecule has 1 amide bonds. The average molecular weight is 360 g/mol. The number of carbonyl (C=O) groups is 1. The van der Waals surface area contributed by atoms with E-state index in [1.54, 1.807) is 5.38 Å². The number of nitrogens with one attached hydrogen (secondary N) is 2. The Morgan fingerprint density at radius 1 is 1.16 bits per heavy atom. The first-order valence-corrected chi connectivity index (χ1v) is 8.27. The van der Waals surface area contributed by atoms with Gasteiger partial charge in [-0.1, -0.05) is 6.07 Å². The van der Waals surface area contributed by atoms with Crippen molar-refractivity contribution >= 4 is 33.9 Å². The summed E-state index contributed by atoms with van der Waals surface area (Å²) in [4.78, 5) is 20.6. The Balaban J connectivity index is 1.60. The molecule has 8 heteroatoms. The summed E-state index contributed by atoms with van der Waals surface area (Å²) < 4.78 is 26.0. The summed E-state index contributed by atoms with van der Waals surface area (Å²) in [5.41, 5.74) is 1.65. The van der Waals surface area contributed by atoms with Gasteiger partial charge in [0.2, 0.25) is 5.91 Å². The summed E-state index contributed by atoms with van der Waals surface area (Å²) in [5, 5.41) is 7.96. The zero-order valence-electron chi connectivity index (χ0n) is 13.2. The Bertz CT molecular complexity index is 913. The van der Waals surface area contributed by atoms with Crippen LogP contribution in [-0.2, 0) is 11.2 Å². The van der Waals surface area contributed by atoms with Gasteiger partial charge in [-0.25, -0.2) is 18.7 Å². The summed E-state index contributed by atoms with van der Waals surface area (Å²) in [7, 11) is 0. The molecule has 3 rings (SSSR count). The molecule has 128 valence electrons. The van der Waals surface area contributed by atoms with Crippen molar-refractivity contribution in [2.75, 3.05) is 10.6 Å². The van der Waals surface area contributed by atoms with E-state index in [1.807, 2.05) is 25.1 Å². The minimum atomic E-state index is -1.01. The van der Waals surface area contributed by atoms with Gasteiger partial charge in [-0.3, -0.25) is 4.79 Å². The molecule has 0 saturated carbocycles. The highest BCUT2D eigenvalue weighted by atomic mass is 32.1. The minimum Gasteiger partial charge on any atom is -0.326 e. The van der Waals surface area contributed by atoms with Crippen LogP contribution in [0.3, 0.4) is 0 Å². The summed E-state index contributed by atoms with van der Waals surface area (Å²) in [6.45, 7) is 1.89. The van der Waals surface area contributed by atoms with Gasteiger partial charge in [0.1, 0.15) is 5.82 Å². The highest BCUT2D eigenvalue weighted by Crippen LogP contribution is 2.20. The second-order valence-electron chi connectivity index (χ2n) is 5.29. The number of halogens is 2. The molecule has 3 aromatic rings. The first kappa shape index (κ1) is 17.0. The lowest BCUT2D eigenvalue weighted by atomic mass is 10.2. The second-order valence-corrected chi connectivity index (χ2v) is 6.15. The Morgan fingerprint density at radius 2 is 2.00 bits per heavy atom. The van der Waals surface area contributed by atoms with Gasteiger partial charge in [0.25, 0.3) is 0 Å². The quantitative estimate of drug-likeness (QED) is 0.720. The van der Waals surface area contributed by atoms with Crippen LogP contribution in [0.15, 0.2) is 41.8 Å². The number of thiazole rings is 1. The predicted molar refractivity (Wildman–Crippen MR) is 93.1 cm³/mol. The third kappa shape index (κ3) is 4.57. The topological polar surface area (TPSA) is 66.9 Å². The zero-order valence-corrected chi connectivity index (χ0v) is 14.0. The largest absolute Gasteiger partial charge is 0.326 e. The van der Waals surface area contributed by atoms with Crippen molar-refractivity contribution in [3.05, 3.63) is 64.8 Å². The van der Waals surface area contributed by atoms with Crippen LogP contribution in [-0.4, -0.2) is 15.9 Å². The van der Waals surface area contributed by atoms with Crippen molar-refractivity contribution in [2.24, 2.45) is 0 Å². The predicted octanol–water partition coefficient (Wildman–Crippen LogP) is 4.05. The number of carbonyl (C=O) groups excluding carboxylic acids is 1. The van der Waals surface area contributed by atoms with E-state index in [9.17, 15) is 13.6 Å². The molecule has 0 aliphatic rings. The molecule has 0 fully saturated rings. The van der Waals surface area contributed by atoms with Crippen molar-refractivity contribution < 1.29 is 13.6 Å². The van der Waals surface area contributed by atoms with Crippen LogP contribution < -0.4 is 10.6 Å². The van der Waals surface area contributed by atoms with Gasteiger partial charge in [-0.05, 0) is 31.2 Å². The number of nitrogens with zero attached hydrogens (tertiary/aromatic N) is 2. The Labute approximate surface area is 146 Å². The third-order valence-corrected chi connectivity index (χ3v) is 4.03. The lowest BCUT2D eigenvalue weighted by molar-refractivity contribution is -0.115. The standard InChI is InChI=1S/C17H14F2N4OS/c1-10-3-2-4-15(20-10)23-17-22-12(9-25-17)8-16(24)21-11-5-6-13(18)14(19)7-11/h2-7,9H,8H2,1H3,(H,21,24)(H,20,22,23). The van der Waals surface area contributed by atoms with Crippen molar-refractivity contribution in [2.45, 2.75) is 13.3 Å². The lowest BCUT2D eigenvalue weighted by Gasteiger charge is -2.04. The number of aryl methyl sites for hydroxylation is 1. The van der Waals surface area contributed by atoms with Crippen molar-refractivity contribution in [1.82, 2.24) is 9.97 Å². The van der Waals surface area contributed by atoms with E-state index in [4.69, 9.17) is 0 Å². The molecule has 0 saturated heterocycles. The summed E-state index contributed by atoms with van der Waals surface area (Å²) >= 11 is 1.35. The van der Waals surface area contributed by atoms with Crippen molar-refractivity contribution in [1.29, 1.82) is 0 Å². The first-order chi connectivity index (χ1) is 12.0. The molecule has 0 unspecified atom stereocenters.